The molecule has 0 spiro atoms. The number of nitrogens with zero attached hydrogens (tertiary/aromatic N) is 3. The van der Waals surface area contributed by atoms with E-state index in [4.69, 9.17) is 9.72 Å². The second-order valence-electron chi connectivity index (χ2n) is 10.3. The van der Waals surface area contributed by atoms with Gasteiger partial charge in [-0.2, -0.15) is 13.2 Å². The van der Waals surface area contributed by atoms with Gasteiger partial charge >= 0.3 is 6.18 Å². The van der Waals surface area contributed by atoms with Gasteiger partial charge in [0.15, 0.2) is 0 Å². The van der Waals surface area contributed by atoms with Gasteiger partial charge in [-0.3, -0.25) is 4.79 Å². The van der Waals surface area contributed by atoms with Crippen LogP contribution in [-0.2, 0) is 17.5 Å². The quantitative estimate of drug-likeness (QED) is 0.286. The molecule has 8 heteroatoms. The summed E-state index contributed by atoms with van der Waals surface area (Å²) >= 11 is 0. The summed E-state index contributed by atoms with van der Waals surface area (Å²) in [5.41, 5.74) is 3.17. The molecule has 2 aliphatic rings. The van der Waals surface area contributed by atoms with Gasteiger partial charge in [-0.25, -0.2) is 4.98 Å². The first kappa shape index (κ1) is 24.5. The maximum absolute atomic E-state index is 13.6. The van der Waals surface area contributed by atoms with Crippen LogP contribution in [0.2, 0.25) is 0 Å². The number of aromatic nitrogens is 2. The zero-order chi connectivity index (χ0) is 26.4. The van der Waals surface area contributed by atoms with E-state index in [1.807, 2.05) is 58.0 Å². The summed E-state index contributed by atoms with van der Waals surface area (Å²) in [5, 5.41) is 0. The second-order valence-corrected chi connectivity index (χ2v) is 10.3. The van der Waals surface area contributed by atoms with Crippen molar-refractivity contribution >= 4 is 16.9 Å². The first-order chi connectivity index (χ1) is 18.3. The lowest BCUT2D eigenvalue weighted by Gasteiger charge is -2.18. The van der Waals surface area contributed by atoms with Crippen molar-refractivity contribution in [3.63, 3.8) is 0 Å². The van der Waals surface area contributed by atoms with Crippen molar-refractivity contribution in [2.24, 2.45) is 11.8 Å². The molecule has 196 valence electrons. The molecule has 1 saturated carbocycles. The molecule has 3 aromatic carbocycles. The van der Waals surface area contributed by atoms with Crippen molar-refractivity contribution in [3.8, 4) is 28.3 Å². The molecule has 1 aromatic heterocycles. The van der Waals surface area contributed by atoms with E-state index in [1.165, 1.54) is 12.1 Å². The van der Waals surface area contributed by atoms with Crippen LogP contribution in [0.3, 0.4) is 0 Å². The summed E-state index contributed by atoms with van der Waals surface area (Å²) in [7, 11) is 1.63. The van der Waals surface area contributed by atoms with Crippen LogP contribution in [-0.4, -0.2) is 40.6 Å². The first-order valence-corrected chi connectivity index (χ1v) is 12.9. The van der Waals surface area contributed by atoms with E-state index < -0.39 is 11.7 Å². The number of imidazole rings is 1. The van der Waals surface area contributed by atoms with E-state index in [0.717, 1.165) is 47.8 Å². The van der Waals surface area contributed by atoms with Crippen LogP contribution >= 0.6 is 0 Å². The molecule has 1 aliphatic heterocycles. The Morgan fingerprint density at radius 2 is 1.61 bits per heavy atom. The molecule has 1 amide bonds. The number of methoxy groups -OCH3 is 1. The maximum Gasteiger partial charge on any atom is 0.416 e. The first-order valence-electron chi connectivity index (χ1n) is 12.9. The standard InChI is InChI=1S/C30H28F3N3O2/c1-38-25-11-8-21(9-12-25)20-2-4-22(5-3-20)28-34-26-13-10-24(30(31,32)33)16-27(26)36(28)18-19-14-15-35(17-19)29(37)23-6-7-23/h2-5,8-13,16,19,23H,6-7,14-15,17-18H2,1H3/t19-/m1/s1. The highest BCUT2D eigenvalue weighted by molar-refractivity contribution is 5.82. The highest BCUT2D eigenvalue weighted by Gasteiger charge is 2.37. The Morgan fingerprint density at radius 3 is 2.24 bits per heavy atom. The van der Waals surface area contributed by atoms with Gasteiger partial charge in [0, 0.05) is 31.1 Å². The van der Waals surface area contributed by atoms with Crippen LogP contribution < -0.4 is 4.74 Å². The van der Waals surface area contributed by atoms with E-state index in [2.05, 4.69) is 0 Å². The third-order valence-electron chi connectivity index (χ3n) is 7.61. The Hall–Kier alpha value is -3.81. The lowest BCUT2D eigenvalue weighted by atomic mass is 10.0. The average molecular weight is 520 g/mol. The number of fused-ring (bicyclic) bond motifs is 1. The van der Waals surface area contributed by atoms with E-state index in [-0.39, 0.29) is 17.7 Å². The Kier molecular flexibility index (Phi) is 6.13. The molecule has 0 radical (unpaired) electrons. The third-order valence-corrected chi connectivity index (χ3v) is 7.61. The van der Waals surface area contributed by atoms with E-state index in [0.29, 0.717) is 36.5 Å². The molecule has 2 heterocycles. The number of ether oxygens (including phenoxy) is 1. The normalized spacial score (nSPS) is 17.8. The van der Waals surface area contributed by atoms with Gasteiger partial charge < -0.3 is 14.2 Å². The Morgan fingerprint density at radius 1 is 0.947 bits per heavy atom. The average Bonchev–Trinajstić information content (AvgIpc) is 3.57. The van der Waals surface area contributed by atoms with Gasteiger partial charge in [0.2, 0.25) is 5.91 Å². The predicted octanol–water partition coefficient (Wildman–Crippen LogP) is 6.66. The van der Waals surface area contributed by atoms with Crippen molar-refractivity contribution in [1.29, 1.82) is 0 Å². The summed E-state index contributed by atoms with van der Waals surface area (Å²) in [6.07, 6.45) is -1.69. The van der Waals surface area contributed by atoms with Crippen LogP contribution in [0.25, 0.3) is 33.5 Å². The zero-order valence-electron chi connectivity index (χ0n) is 21.0. The molecule has 6 rings (SSSR count). The monoisotopic (exact) mass is 519 g/mol. The fraction of sp³-hybridized carbons (Fsp3) is 0.333. The van der Waals surface area contributed by atoms with Crippen molar-refractivity contribution in [3.05, 3.63) is 72.3 Å². The van der Waals surface area contributed by atoms with Gasteiger partial charge in [-0.05, 0) is 66.6 Å². The van der Waals surface area contributed by atoms with Crippen molar-refractivity contribution in [1.82, 2.24) is 14.5 Å². The van der Waals surface area contributed by atoms with E-state index in [1.54, 1.807) is 7.11 Å². The highest BCUT2D eigenvalue weighted by atomic mass is 19.4. The van der Waals surface area contributed by atoms with E-state index in [9.17, 15) is 18.0 Å². The van der Waals surface area contributed by atoms with Gasteiger partial charge in [0.05, 0.1) is 23.7 Å². The summed E-state index contributed by atoms with van der Waals surface area (Å²) in [4.78, 5) is 19.3. The lowest BCUT2D eigenvalue weighted by molar-refractivity contribution is -0.137. The molecule has 4 aromatic rings. The van der Waals surface area contributed by atoms with Gasteiger partial charge in [-0.15, -0.1) is 0 Å². The molecule has 1 atom stereocenters. The third kappa shape index (κ3) is 4.75. The molecule has 0 N–H and O–H groups in total. The number of halogens is 3. The lowest BCUT2D eigenvalue weighted by Crippen LogP contribution is -2.30. The van der Waals surface area contributed by atoms with Crippen LogP contribution in [0.4, 0.5) is 13.2 Å². The van der Waals surface area contributed by atoms with Gasteiger partial charge in [0.25, 0.3) is 0 Å². The number of hydrogen-bond donors (Lipinski definition) is 0. The summed E-state index contributed by atoms with van der Waals surface area (Å²) in [6.45, 7) is 1.83. The van der Waals surface area contributed by atoms with Crippen LogP contribution in [0.5, 0.6) is 5.75 Å². The molecule has 2 fully saturated rings. The molecule has 0 bridgehead atoms. The number of likely N-dealkylation sites (tertiary alicyclic amines) is 1. The largest absolute Gasteiger partial charge is 0.497 e. The molecule has 1 aliphatic carbocycles. The number of rotatable bonds is 6. The zero-order valence-corrected chi connectivity index (χ0v) is 21.0. The van der Waals surface area contributed by atoms with Crippen LogP contribution in [0.1, 0.15) is 24.8 Å². The molecule has 38 heavy (non-hydrogen) atoms. The molecule has 5 nitrogen and oxygen atoms in total. The van der Waals surface area contributed by atoms with Crippen LogP contribution in [0.15, 0.2) is 66.7 Å². The van der Waals surface area contributed by atoms with Gasteiger partial charge in [-0.1, -0.05) is 36.4 Å². The number of carbonyl (C=O) groups excluding carboxylic acids is 1. The summed E-state index contributed by atoms with van der Waals surface area (Å²) < 4.78 is 47.9. The van der Waals surface area contributed by atoms with Crippen LogP contribution in [0, 0.1) is 11.8 Å². The Balaban J connectivity index is 1.34. The topological polar surface area (TPSA) is 47.4 Å². The van der Waals surface area contributed by atoms with Crippen molar-refractivity contribution in [2.45, 2.75) is 32.0 Å². The second kappa shape index (κ2) is 9.49. The number of amides is 1. The smallest absolute Gasteiger partial charge is 0.416 e. The SMILES string of the molecule is COc1ccc(-c2ccc(-c3nc4ccc(C(F)(F)F)cc4n3C[C@@H]3CCN(C(=O)C4CC4)C3)cc2)cc1. The summed E-state index contributed by atoms with van der Waals surface area (Å²) in [5.74, 6) is 1.95. The number of benzene rings is 3. The number of alkyl halides is 3. The molecular weight excluding hydrogens is 491 g/mol. The van der Waals surface area contributed by atoms with E-state index >= 15 is 0 Å². The maximum atomic E-state index is 13.6. The Bertz CT molecular complexity index is 1470. The van der Waals surface area contributed by atoms with Crippen molar-refractivity contribution < 1.29 is 22.7 Å². The predicted molar refractivity (Wildman–Crippen MR) is 140 cm³/mol. The molecule has 1 saturated heterocycles. The minimum Gasteiger partial charge on any atom is -0.497 e. The summed E-state index contributed by atoms with van der Waals surface area (Å²) in [6, 6.07) is 19.4. The molecule has 0 unspecified atom stereocenters. The highest BCUT2D eigenvalue weighted by Crippen LogP contribution is 2.36. The number of hydrogen-bond acceptors (Lipinski definition) is 3. The fourth-order valence-electron chi connectivity index (χ4n) is 5.33. The minimum atomic E-state index is -4.44. The fourth-order valence-corrected chi connectivity index (χ4v) is 5.33. The van der Waals surface area contributed by atoms with Crippen molar-refractivity contribution in [2.75, 3.05) is 20.2 Å². The number of carbonyl (C=O) groups is 1. The Labute approximate surface area is 218 Å². The van der Waals surface area contributed by atoms with Gasteiger partial charge in [0.1, 0.15) is 11.6 Å². The minimum absolute atomic E-state index is 0.155. The molecular formula is C30H28F3N3O2.